The number of fused-ring (bicyclic) bond motifs is 1. The molecular weight excluding hydrogens is 314 g/mol. The number of ketones is 1. The van der Waals surface area contributed by atoms with E-state index in [9.17, 15) is 20.0 Å². The molecule has 0 aromatic heterocycles. The van der Waals surface area contributed by atoms with Gasteiger partial charge in [0.15, 0.2) is 0 Å². The summed E-state index contributed by atoms with van der Waals surface area (Å²) in [5, 5.41) is 22.2. The van der Waals surface area contributed by atoms with E-state index in [-0.39, 0.29) is 11.3 Å². The molecule has 1 aliphatic rings. The second-order valence-electron chi connectivity index (χ2n) is 5.47. The van der Waals surface area contributed by atoms with Gasteiger partial charge in [0.25, 0.3) is 11.4 Å². The number of Topliss-reactive ketones (excluding diaryl/α,β-unsaturated/α-hetero) is 1. The van der Waals surface area contributed by atoms with Crippen LogP contribution in [0.5, 0.6) is 5.75 Å². The number of hydrogen-bond donors (Lipinski definition) is 1. The summed E-state index contributed by atoms with van der Waals surface area (Å²) in [6.07, 6.45) is 0. The molecule has 1 N–H and O–H groups in total. The molecule has 0 radical (unpaired) electrons. The standard InChI is InChI=1S/C17H15NO6/c1-23-17(12-7-3-2-4-8-12)16(20,11-18(21)22)15(19)13-9-5-6-10-14(13)24-17/h2-10,20H,11H2,1H3/t16-,17+/m0/s1. The van der Waals surface area contributed by atoms with Gasteiger partial charge in [0, 0.05) is 17.6 Å². The number of benzene rings is 2. The Hall–Kier alpha value is -2.77. The largest absolute Gasteiger partial charge is 0.453 e. The molecule has 7 heteroatoms. The van der Waals surface area contributed by atoms with Crippen molar-refractivity contribution < 1.29 is 24.3 Å². The van der Waals surface area contributed by atoms with Crippen LogP contribution in [0.1, 0.15) is 15.9 Å². The number of ether oxygens (including phenoxy) is 2. The van der Waals surface area contributed by atoms with Gasteiger partial charge >= 0.3 is 0 Å². The Labute approximate surface area is 137 Å². The summed E-state index contributed by atoms with van der Waals surface area (Å²) in [7, 11) is 1.24. The number of para-hydroxylation sites is 1. The van der Waals surface area contributed by atoms with Crippen molar-refractivity contribution in [3.8, 4) is 5.75 Å². The Morgan fingerprint density at radius 2 is 1.79 bits per heavy atom. The highest BCUT2D eigenvalue weighted by Crippen LogP contribution is 2.46. The summed E-state index contributed by atoms with van der Waals surface area (Å²) in [5.74, 6) is -2.64. The Morgan fingerprint density at radius 3 is 2.42 bits per heavy atom. The molecule has 0 saturated carbocycles. The highest BCUT2D eigenvalue weighted by atomic mass is 16.7. The fourth-order valence-corrected chi connectivity index (χ4v) is 3.00. The Balaban J connectivity index is 2.28. The lowest BCUT2D eigenvalue weighted by atomic mass is 9.78. The van der Waals surface area contributed by atoms with Crippen molar-refractivity contribution in [1.29, 1.82) is 0 Å². The Bertz CT molecular complexity index is 793. The molecule has 0 bridgehead atoms. The van der Waals surface area contributed by atoms with Crippen LogP contribution in [0.25, 0.3) is 0 Å². The van der Waals surface area contributed by atoms with Crippen molar-refractivity contribution in [3.63, 3.8) is 0 Å². The molecule has 2 aromatic rings. The summed E-state index contributed by atoms with van der Waals surface area (Å²) < 4.78 is 11.3. The quantitative estimate of drug-likeness (QED) is 0.678. The van der Waals surface area contributed by atoms with Crippen LogP contribution in [-0.2, 0) is 10.5 Å². The average molecular weight is 329 g/mol. The van der Waals surface area contributed by atoms with Gasteiger partial charge in [-0.2, -0.15) is 0 Å². The lowest BCUT2D eigenvalue weighted by Crippen LogP contribution is -2.66. The zero-order chi connectivity index (χ0) is 17.4. The van der Waals surface area contributed by atoms with Gasteiger partial charge < -0.3 is 14.6 Å². The van der Waals surface area contributed by atoms with Gasteiger partial charge in [-0.1, -0.05) is 42.5 Å². The van der Waals surface area contributed by atoms with E-state index in [2.05, 4.69) is 0 Å². The van der Waals surface area contributed by atoms with Crippen molar-refractivity contribution in [2.24, 2.45) is 0 Å². The first-order valence-corrected chi connectivity index (χ1v) is 7.22. The number of carbonyl (C=O) groups excluding carboxylic acids is 1. The lowest BCUT2D eigenvalue weighted by molar-refractivity contribution is -0.510. The topological polar surface area (TPSA) is 98.9 Å². The fourth-order valence-electron chi connectivity index (χ4n) is 3.00. The summed E-state index contributed by atoms with van der Waals surface area (Å²) in [6.45, 7) is -1.05. The maximum Gasteiger partial charge on any atom is 0.280 e. The summed E-state index contributed by atoms with van der Waals surface area (Å²) in [5.41, 5.74) is -2.13. The molecule has 3 rings (SSSR count). The second kappa shape index (κ2) is 5.70. The molecule has 0 aliphatic carbocycles. The minimum Gasteiger partial charge on any atom is -0.453 e. The van der Waals surface area contributed by atoms with Crippen LogP contribution in [0.15, 0.2) is 54.6 Å². The maximum atomic E-state index is 12.9. The van der Waals surface area contributed by atoms with E-state index >= 15 is 0 Å². The number of carbonyl (C=O) groups is 1. The van der Waals surface area contributed by atoms with Crippen molar-refractivity contribution >= 4 is 5.78 Å². The van der Waals surface area contributed by atoms with Gasteiger partial charge in [0.1, 0.15) is 5.75 Å². The third-order valence-electron chi connectivity index (χ3n) is 4.10. The van der Waals surface area contributed by atoms with E-state index in [1.54, 1.807) is 48.5 Å². The molecule has 1 aliphatic heterocycles. The van der Waals surface area contributed by atoms with Crippen LogP contribution in [0.3, 0.4) is 0 Å². The molecule has 124 valence electrons. The highest BCUT2D eigenvalue weighted by Gasteiger charge is 2.66. The monoisotopic (exact) mass is 329 g/mol. The Kier molecular flexibility index (Phi) is 3.82. The zero-order valence-corrected chi connectivity index (χ0v) is 12.8. The number of nitro groups is 1. The second-order valence-corrected chi connectivity index (χ2v) is 5.47. The van der Waals surface area contributed by atoms with E-state index in [0.29, 0.717) is 5.56 Å². The van der Waals surface area contributed by atoms with E-state index in [0.717, 1.165) is 0 Å². The van der Waals surface area contributed by atoms with Gasteiger partial charge in [-0.3, -0.25) is 14.9 Å². The van der Waals surface area contributed by atoms with E-state index < -0.39 is 28.6 Å². The fraction of sp³-hybridized carbons (Fsp3) is 0.235. The molecule has 1 heterocycles. The molecule has 2 atom stereocenters. The van der Waals surface area contributed by atoms with Gasteiger partial charge in [-0.15, -0.1) is 0 Å². The lowest BCUT2D eigenvalue weighted by Gasteiger charge is -2.45. The summed E-state index contributed by atoms with van der Waals surface area (Å²) in [6, 6.07) is 14.5. The molecule has 7 nitrogen and oxygen atoms in total. The molecule has 0 fully saturated rings. The van der Waals surface area contributed by atoms with Crippen molar-refractivity contribution in [2.45, 2.75) is 11.4 Å². The third-order valence-corrected chi connectivity index (χ3v) is 4.10. The van der Waals surface area contributed by atoms with Crippen LogP contribution >= 0.6 is 0 Å². The van der Waals surface area contributed by atoms with Gasteiger partial charge in [-0.05, 0) is 12.1 Å². The predicted octanol–water partition coefficient (Wildman–Crippen LogP) is 1.77. The SMILES string of the molecule is CO[C@]1(c2ccccc2)Oc2ccccc2C(=O)[C@@]1(O)C[N+](=O)[O-]. The molecule has 0 unspecified atom stereocenters. The van der Waals surface area contributed by atoms with Crippen molar-refractivity contribution in [3.05, 3.63) is 75.8 Å². The zero-order valence-electron chi connectivity index (χ0n) is 12.8. The molecular formula is C17H15NO6. The normalized spacial score (nSPS) is 25.7. The van der Waals surface area contributed by atoms with Crippen molar-refractivity contribution in [1.82, 2.24) is 0 Å². The molecule has 2 aromatic carbocycles. The smallest absolute Gasteiger partial charge is 0.280 e. The first kappa shape index (κ1) is 16.1. The van der Waals surface area contributed by atoms with Crippen LogP contribution in [0, 0.1) is 10.1 Å². The first-order valence-electron chi connectivity index (χ1n) is 7.22. The van der Waals surface area contributed by atoms with Crippen LogP contribution in [0.2, 0.25) is 0 Å². The average Bonchev–Trinajstić information content (AvgIpc) is 2.58. The van der Waals surface area contributed by atoms with Crippen LogP contribution in [0.4, 0.5) is 0 Å². The predicted molar refractivity (Wildman–Crippen MR) is 83.3 cm³/mol. The first-order chi connectivity index (χ1) is 11.4. The van der Waals surface area contributed by atoms with Crippen molar-refractivity contribution in [2.75, 3.05) is 13.7 Å². The molecule has 24 heavy (non-hydrogen) atoms. The summed E-state index contributed by atoms with van der Waals surface area (Å²) in [4.78, 5) is 23.3. The van der Waals surface area contributed by atoms with E-state index in [4.69, 9.17) is 9.47 Å². The van der Waals surface area contributed by atoms with Gasteiger partial charge in [0.2, 0.25) is 12.3 Å². The maximum absolute atomic E-state index is 12.9. The molecule has 0 amide bonds. The minimum absolute atomic E-state index is 0.0745. The molecule has 0 saturated heterocycles. The molecule has 0 spiro atoms. The number of aliphatic hydroxyl groups is 1. The van der Waals surface area contributed by atoms with Gasteiger partial charge in [0.05, 0.1) is 5.56 Å². The van der Waals surface area contributed by atoms with E-state index in [1.807, 2.05) is 0 Å². The van der Waals surface area contributed by atoms with E-state index in [1.165, 1.54) is 13.2 Å². The highest BCUT2D eigenvalue weighted by molar-refractivity contribution is 6.06. The van der Waals surface area contributed by atoms with Gasteiger partial charge in [-0.25, -0.2) is 0 Å². The minimum atomic E-state index is -2.51. The number of rotatable bonds is 4. The third kappa shape index (κ3) is 2.17. The number of nitrogens with zero attached hydrogens (tertiary/aromatic N) is 1. The van der Waals surface area contributed by atoms with Crippen LogP contribution in [-0.4, -0.2) is 35.1 Å². The number of hydrogen-bond acceptors (Lipinski definition) is 6. The summed E-state index contributed by atoms with van der Waals surface area (Å²) >= 11 is 0. The Morgan fingerprint density at radius 1 is 1.17 bits per heavy atom. The van der Waals surface area contributed by atoms with Crippen LogP contribution < -0.4 is 4.74 Å². The number of methoxy groups -OCH3 is 1.